The Morgan fingerprint density at radius 2 is 0.903 bits per heavy atom. The molecule has 0 N–H and O–H groups in total. The molecule has 12 rings (SSSR count). The monoisotopic (exact) mass is 959 g/mol. The van der Waals surface area contributed by atoms with Gasteiger partial charge in [0.1, 0.15) is 33.7 Å². The van der Waals surface area contributed by atoms with Gasteiger partial charge in [-0.2, -0.15) is 13.2 Å². The van der Waals surface area contributed by atoms with Crippen LogP contribution in [0.4, 0.5) is 0 Å². The zero-order chi connectivity index (χ0) is 52.5. The van der Waals surface area contributed by atoms with Gasteiger partial charge in [-0.05, 0) is 201 Å². The Labute approximate surface area is 429 Å². The third kappa shape index (κ3) is 6.27. The first-order chi connectivity index (χ1) is 33.6. The van der Waals surface area contributed by atoms with E-state index in [0.717, 1.165) is 11.9 Å². The van der Waals surface area contributed by atoms with Crippen molar-refractivity contribution in [1.29, 1.82) is 0 Å². The summed E-state index contributed by atoms with van der Waals surface area (Å²) >= 11 is 0. The van der Waals surface area contributed by atoms with Crippen molar-refractivity contribution < 1.29 is 13.7 Å². The molecule has 0 unspecified atom stereocenters. The number of pyridine rings is 4. The summed E-state index contributed by atoms with van der Waals surface area (Å²) in [4.78, 5) is 4.62. The number of aromatic nitrogens is 7. The van der Waals surface area contributed by atoms with E-state index in [4.69, 9.17) is 0 Å². The van der Waals surface area contributed by atoms with Crippen LogP contribution >= 0.6 is 0 Å². The fourth-order valence-electron chi connectivity index (χ4n) is 14.1. The molecule has 7 aromatic heterocycles. The summed E-state index contributed by atoms with van der Waals surface area (Å²) in [5.74, 6) is 3.97. The second kappa shape index (κ2) is 16.1. The number of benzene rings is 2. The van der Waals surface area contributed by atoms with Crippen LogP contribution in [-0.2, 0) is 23.0 Å². The third-order valence-electron chi connectivity index (χ3n) is 19.3. The fourth-order valence-corrected chi connectivity index (χ4v) is 14.1. The number of imidazole rings is 3. The Balaban J connectivity index is 0.000000125. The van der Waals surface area contributed by atoms with Gasteiger partial charge in [0.2, 0.25) is 0 Å². The quantitative estimate of drug-likeness (QED) is 0.140. The summed E-state index contributed by atoms with van der Waals surface area (Å²) in [5, 5.41) is 1.21. The number of hydrogen-bond donors (Lipinski definition) is 0. The number of nitrogens with zero attached hydrogens (tertiary/aromatic N) is 7. The van der Waals surface area contributed by atoms with Crippen LogP contribution in [0.5, 0.6) is 0 Å². The molecule has 0 saturated carbocycles. The second-order valence-electron chi connectivity index (χ2n) is 23.6. The number of hydrogen-bond acceptors (Lipinski definition) is 1. The number of aryl methyl sites for hydroxylation is 9. The van der Waals surface area contributed by atoms with Crippen LogP contribution in [0.25, 0.3) is 44.3 Å². The van der Waals surface area contributed by atoms with E-state index < -0.39 is 0 Å². The lowest BCUT2D eigenvalue weighted by Gasteiger charge is -2.31. The van der Waals surface area contributed by atoms with Gasteiger partial charge < -0.3 is 0 Å². The molecule has 0 amide bonds. The number of allylic oxidation sites excluding steroid dienone is 2. The van der Waals surface area contributed by atoms with Gasteiger partial charge in [0.15, 0.2) is 33.6 Å². The highest BCUT2D eigenvalue weighted by atomic mass is 15.2. The maximum absolute atomic E-state index is 4.62. The van der Waals surface area contributed by atoms with E-state index in [1.807, 2.05) is 12.3 Å². The van der Waals surface area contributed by atoms with Gasteiger partial charge in [-0.15, -0.1) is 0 Å². The van der Waals surface area contributed by atoms with Crippen molar-refractivity contribution in [3.05, 3.63) is 173 Å². The average Bonchev–Trinajstić information content (AvgIpc) is 4.05. The molecule has 9 aromatic rings. The van der Waals surface area contributed by atoms with Crippen molar-refractivity contribution in [2.24, 2.45) is 0 Å². The van der Waals surface area contributed by atoms with Crippen LogP contribution in [0.3, 0.4) is 0 Å². The topological polar surface area (TPSA) is 37.8 Å². The van der Waals surface area contributed by atoms with Crippen molar-refractivity contribution in [1.82, 2.24) is 18.2 Å². The maximum atomic E-state index is 4.62. The minimum absolute atomic E-state index is 0.0268. The summed E-state index contributed by atoms with van der Waals surface area (Å²) < 4.78 is 15.0. The Morgan fingerprint density at radius 1 is 0.444 bits per heavy atom. The highest BCUT2D eigenvalue weighted by Gasteiger charge is 2.48. The van der Waals surface area contributed by atoms with Crippen LogP contribution < -0.4 is 13.7 Å². The summed E-state index contributed by atoms with van der Waals surface area (Å²) in [5.41, 5.74) is 34.7. The highest BCUT2D eigenvalue weighted by molar-refractivity contribution is 5.91. The molecule has 0 spiro atoms. The molecular weight excluding hydrogens is 879 g/mol. The van der Waals surface area contributed by atoms with Gasteiger partial charge in [-0.25, -0.2) is 13.7 Å². The molecule has 3 aliphatic rings. The third-order valence-corrected chi connectivity index (χ3v) is 19.3. The first-order valence-electron chi connectivity index (χ1n) is 26.4. The molecule has 0 aliphatic carbocycles. The summed E-state index contributed by atoms with van der Waals surface area (Å²) in [6.45, 7) is 52.4. The van der Waals surface area contributed by atoms with Crippen molar-refractivity contribution in [3.63, 3.8) is 0 Å². The molecule has 0 fully saturated rings. The second-order valence-corrected chi connectivity index (χ2v) is 23.6. The Hall–Kier alpha value is -6.34. The molecular formula is C65H80N7+3. The smallest absolute Gasteiger partial charge is 0.256 e. The normalized spacial score (nSPS) is 15.7. The van der Waals surface area contributed by atoms with E-state index in [-0.39, 0.29) is 16.6 Å². The Kier molecular flexibility index (Phi) is 11.0. The van der Waals surface area contributed by atoms with Gasteiger partial charge >= 0.3 is 0 Å². The molecule has 10 heterocycles. The molecule has 2 aromatic carbocycles. The van der Waals surface area contributed by atoms with E-state index >= 15 is 0 Å². The molecule has 72 heavy (non-hydrogen) atoms. The van der Waals surface area contributed by atoms with E-state index in [9.17, 15) is 0 Å². The zero-order valence-electron chi connectivity index (χ0n) is 48.0. The predicted molar refractivity (Wildman–Crippen MR) is 298 cm³/mol. The van der Waals surface area contributed by atoms with Gasteiger partial charge in [-0.3, -0.25) is 4.98 Å². The van der Waals surface area contributed by atoms with Crippen LogP contribution in [0.1, 0.15) is 168 Å². The lowest BCUT2D eigenvalue weighted by atomic mass is 9.83. The summed E-state index contributed by atoms with van der Waals surface area (Å²) in [7, 11) is 0. The van der Waals surface area contributed by atoms with Crippen LogP contribution in [0.15, 0.2) is 60.3 Å². The standard InChI is InChI=1S/C24H26N3.C22H27N2.C19H27N2/c1-13-14(2)16(4)26-17(5)27-23(22(26)15(13)3)19-12-21-18(9-8-10-25-21)11-20(19)24(27,6)7;1-13-14(2)16(4)23-17(5)24-20(21(23)15(13)3)12-18-10-8-9-11-19(18)22(24,6)7;1-10-11(2)15(6)20-16(7)21-18(17(20)12(10)3)13(4)14(5)19(21,8)9/h8-12H,1-7H3;8-11H,12H2,1-7H3;1-9H3/q3*+1. The Morgan fingerprint density at radius 3 is 1.46 bits per heavy atom. The van der Waals surface area contributed by atoms with Crippen LogP contribution in [0.2, 0.25) is 0 Å². The van der Waals surface area contributed by atoms with Crippen molar-refractivity contribution in [2.75, 3.05) is 0 Å². The average molecular weight is 959 g/mol. The van der Waals surface area contributed by atoms with Gasteiger partial charge in [0.05, 0.1) is 5.52 Å². The lowest BCUT2D eigenvalue weighted by Crippen LogP contribution is -2.59. The fraction of sp³-hybridized carbons (Fsp3) is 0.415. The zero-order valence-corrected chi connectivity index (χ0v) is 48.0. The van der Waals surface area contributed by atoms with Gasteiger partial charge in [-0.1, -0.05) is 30.3 Å². The molecule has 7 nitrogen and oxygen atoms in total. The van der Waals surface area contributed by atoms with Gasteiger partial charge in [0, 0.05) is 77.7 Å². The number of fused-ring (bicyclic) bond motifs is 13. The molecule has 0 atom stereocenters. The maximum Gasteiger partial charge on any atom is 0.259 e. The largest absolute Gasteiger partial charge is 0.259 e. The van der Waals surface area contributed by atoms with E-state index in [2.05, 4.69) is 234 Å². The van der Waals surface area contributed by atoms with Crippen molar-refractivity contribution >= 4 is 33.0 Å². The van der Waals surface area contributed by atoms with E-state index in [0.29, 0.717) is 0 Å². The van der Waals surface area contributed by atoms with Crippen molar-refractivity contribution in [2.45, 2.75) is 182 Å². The molecule has 0 radical (unpaired) electrons. The van der Waals surface area contributed by atoms with Gasteiger partial charge in [0.25, 0.3) is 17.5 Å². The first-order valence-corrected chi connectivity index (χ1v) is 26.4. The Bertz CT molecular complexity index is 3920. The lowest BCUT2D eigenvalue weighted by molar-refractivity contribution is -0.759. The van der Waals surface area contributed by atoms with Crippen molar-refractivity contribution in [3.8, 4) is 11.3 Å². The molecule has 7 heteroatoms. The summed E-state index contributed by atoms with van der Waals surface area (Å²) in [6.07, 6.45) is 2.90. The molecule has 0 bridgehead atoms. The molecule has 372 valence electrons. The number of rotatable bonds is 0. The first kappa shape index (κ1) is 49.2. The molecule has 3 aliphatic heterocycles. The minimum Gasteiger partial charge on any atom is -0.256 e. The van der Waals surface area contributed by atoms with E-state index in [1.165, 1.54) is 157 Å². The van der Waals surface area contributed by atoms with Crippen LogP contribution in [0, 0.1) is 104 Å². The highest BCUT2D eigenvalue weighted by Crippen LogP contribution is 2.45. The summed E-state index contributed by atoms with van der Waals surface area (Å²) in [6, 6.07) is 17.7. The molecule has 0 saturated heterocycles. The SMILES string of the molecule is CC1=C(C)C(C)(C)[n+]2c1c1c(C)c(C)c(C)c(C)n1c2C.Cc1c(C)c(C)n2c(C)[n+]3c(c2c1C)-c1cc2ncccc2cc1C3(C)C.Cc1c(C)c(C)n2c(C)[n+]3c(c2c1C)Cc1ccccc1C3(C)C. The van der Waals surface area contributed by atoms with Crippen LogP contribution in [-0.4, -0.2) is 18.2 Å². The van der Waals surface area contributed by atoms with E-state index in [1.54, 1.807) is 0 Å². The minimum atomic E-state index is -0.0918. The predicted octanol–water partition coefficient (Wildman–Crippen LogP) is 13.8.